The molecule has 1 N–H and O–H groups in total. The largest absolute Gasteiger partial charge is 0.480 e. The number of rotatable bonds is 5. The molecule has 1 heterocycles. The Morgan fingerprint density at radius 1 is 1.43 bits per heavy atom. The Balaban J connectivity index is 2.54. The molecule has 0 amide bonds. The van der Waals surface area contributed by atoms with E-state index >= 15 is 0 Å². The highest BCUT2D eigenvalue weighted by Crippen LogP contribution is 2.23. The average Bonchev–Trinajstić information content (AvgIpc) is 2.44. The first-order valence-corrected chi connectivity index (χ1v) is 6.78. The van der Waals surface area contributed by atoms with Gasteiger partial charge in [-0.1, -0.05) is 32.0 Å². The zero-order valence-electron chi connectivity index (χ0n) is 12.1. The summed E-state index contributed by atoms with van der Waals surface area (Å²) in [5, 5.41) is 19.3. The maximum absolute atomic E-state index is 11.1. The molecule has 21 heavy (non-hydrogen) atoms. The molecule has 0 saturated carbocycles. The van der Waals surface area contributed by atoms with Crippen LogP contribution in [-0.4, -0.2) is 29.1 Å². The second-order valence-electron chi connectivity index (χ2n) is 5.33. The fourth-order valence-electron chi connectivity index (χ4n) is 2.26. The number of hydrogen-bond acceptors (Lipinski definition) is 4. The molecule has 2 rings (SSSR count). The van der Waals surface area contributed by atoms with Crippen LogP contribution in [0.1, 0.15) is 19.4 Å². The molecular weight excluding hydrogens is 266 g/mol. The van der Waals surface area contributed by atoms with Crippen LogP contribution >= 0.6 is 0 Å². The van der Waals surface area contributed by atoms with E-state index in [2.05, 4.69) is 11.1 Å². The summed E-state index contributed by atoms with van der Waals surface area (Å²) in [6.07, 6.45) is 0. The van der Waals surface area contributed by atoms with Crippen LogP contribution in [0.15, 0.2) is 30.3 Å². The molecule has 2 aromatic rings. The molecule has 0 aliphatic rings. The van der Waals surface area contributed by atoms with Gasteiger partial charge in [0, 0.05) is 11.9 Å². The first-order valence-electron chi connectivity index (χ1n) is 6.78. The quantitative estimate of drug-likeness (QED) is 0.912. The fourth-order valence-corrected chi connectivity index (χ4v) is 2.26. The first kappa shape index (κ1) is 14.8. The van der Waals surface area contributed by atoms with Crippen molar-refractivity contribution in [1.82, 2.24) is 4.98 Å². The molecule has 0 saturated heterocycles. The molecule has 0 radical (unpaired) electrons. The zero-order chi connectivity index (χ0) is 15.4. The van der Waals surface area contributed by atoms with Gasteiger partial charge in [0.25, 0.3) is 0 Å². The lowest BCUT2D eigenvalue weighted by Gasteiger charge is -2.24. The molecule has 108 valence electrons. The van der Waals surface area contributed by atoms with E-state index in [-0.39, 0.29) is 12.5 Å². The van der Waals surface area contributed by atoms with Gasteiger partial charge < -0.3 is 10.0 Å². The molecule has 0 aliphatic carbocycles. The predicted octanol–water partition coefficient (Wildman–Crippen LogP) is 2.65. The van der Waals surface area contributed by atoms with E-state index in [0.29, 0.717) is 17.9 Å². The SMILES string of the molecule is CC(C)CN(CC(=O)O)c1nc2ccccc2cc1C#N. The topological polar surface area (TPSA) is 77.2 Å². The van der Waals surface area contributed by atoms with Crippen LogP contribution in [0.4, 0.5) is 5.82 Å². The van der Waals surface area contributed by atoms with Gasteiger partial charge in [0.2, 0.25) is 0 Å². The number of hydrogen-bond donors (Lipinski definition) is 1. The summed E-state index contributed by atoms with van der Waals surface area (Å²) in [6, 6.07) is 11.4. The molecule has 0 unspecified atom stereocenters. The van der Waals surface area contributed by atoms with Crippen LogP contribution in [0.5, 0.6) is 0 Å². The summed E-state index contributed by atoms with van der Waals surface area (Å²) in [6.45, 7) is 4.37. The van der Waals surface area contributed by atoms with Crippen molar-refractivity contribution in [2.24, 2.45) is 5.92 Å². The Kier molecular flexibility index (Phi) is 4.39. The van der Waals surface area contributed by atoms with Crippen molar-refractivity contribution in [2.45, 2.75) is 13.8 Å². The summed E-state index contributed by atoms with van der Waals surface area (Å²) >= 11 is 0. The molecule has 0 fully saturated rings. The number of aliphatic carboxylic acids is 1. The minimum absolute atomic E-state index is 0.168. The van der Waals surface area contributed by atoms with Gasteiger partial charge in [-0.2, -0.15) is 5.26 Å². The Morgan fingerprint density at radius 3 is 2.76 bits per heavy atom. The monoisotopic (exact) mass is 283 g/mol. The highest BCUT2D eigenvalue weighted by atomic mass is 16.4. The van der Waals surface area contributed by atoms with E-state index in [0.717, 1.165) is 10.9 Å². The molecule has 5 nitrogen and oxygen atoms in total. The van der Waals surface area contributed by atoms with Crippen LogP contribution in [0.2, 0.25) is 0 Å². The van der Waals surface area contributed by atoms with Crippen molar-refractivity contribution >= 4 is 22.7 Å². The van der Waals surface area contributed by atoms with Gasteiger partial charge in [0.05, 0.1) is 11.1 Å². The van der Waals surface area contributed by atoms with Crippen LogP contribution in [0.25, 0.3) is 10.9 Å². The number of carboxylic acids is 1. The Labute approximate surface area is 123 Å². The van der Waals surface area contributed by atoms with Crippen molar-refractivity contribution in [2.75, 3.05) is 18.0 Å². The Bertz CT molecular complexity index is 704. The third kappa shape index (κ3) is 3.48. The molecule has 5 heteroatoms. The lowest BCUT2D eigenvalue weighted by atomic mass is 10.1. The molecular formula is C16H17N3O2. The van der Waals surface area contributed by atoms with Crippen LogP contribution in [0, 0.1) is 17.2 Å². The predicted molar refractivity (Wildman–Crippen MR) is 81.1 cm³/mol. The lowest BCUT2D eigenvalue weighted by molar-refractivity contribution is -0.135. The third-order valence-electron chi connectivity index (χ3n) is 3.04. The number of fused-ring (bicyclic) bond motifs is 1. The fraction of sp³-hybridized carbons (Fsp3) is 0.312. The van der Waals surface area contributed by atoms with E-state index in [1.165, 1.54) is 0 Å². The molecule has 0 atom stereocenters. The van der Waals surface area contributed by atoms with Gasteiger partial charge >= 0.3 is 5.97 Å². The summed E-state index contributed by atoms with van der Waals surface area (Å²) < 4.78 is 0. The van der Waals surface area contributed by atoms with E-state index < -0.39 is 5.97 Å². The van der Waals surface area contributed by atoms with E-state index in [1.54, 1.807) is 11.0 Å². The number of nitriles is 1. The number of carboxylic acid groups (broad SMARTS) is 1. The van der Waals surface area contributed by atoms with Crippen LogP contribution in [0.3, 0.4) is 0 Å². The number of pyridine rings is 1. The highest BCUT2D eigenvalue weighted by Gasteiger charge is 2.18. The zero-order valence-corrected chi connectivity index (χ0v) is 12.1. The average molecular weight is 283 g/mol. The number of carbonyl (C=O) groups is 1. The van der Waals surface area contributed by atoms with Gasteiger partial charge in [0.1, 0.15) is 18.4 Å². The summed E-state index contributed by atoms with van der Waals surface area (Å²) in [7, 11) is 0. The van der Waals surface area contributed by atoms with E-state index in [4.69, 9.17) is 5.11 Å². The first-order chi connectivity index (χ1) is 10.0. The minimum Gasteiger partial charge on any atom is -0.480 e. The Hall–Kier alpha value is -2.61. The van der Waals surface area contributed by atoms with Crippen molar-refractivity contribution in [3.05, 3.63) is 35.9 Å². The van der Waals surface area contributed by atoms with Gasteiger partial charge in [-0.05, 0) is 18.1 Å². The lowest BCUT2D eigenvalue weighted by Crippen LogP contribution is -2.34. The molecule has 0 bridgehead atoms. The number of para-hydroxylation sites is 1. The van der Waals surface area contributed by atoms with Gasteiger partial charge in [0.15, 0.2) is 0 Å². The van der Waals surface area contributed by atoms with E-state index in [1.807, 2.05) is 38.1 Å². The molecule has 0 aliphatic heterocycles. The summed E-state index contributed by atoms with van der Waals surface area (Å²) in [5.74, 6) is -0.231. The number of aromatic nitrogens is 1. The number of anilines is 1. The van der Waals surface area contributed by atoms with Crippen molar-refractivity contribution < 1.29 is 9.90 Å². The maximum atomic E-state index is 11.1. The van der Waals surface area contributed by atoms with Gasteiger partial charge in [-0.15, -0.1) is 0 Å². The van der Waals surface area contributed by atoms with Crippen molar-refractivity contribution in [3.8, 4) is 6.07 Å². The van der Waals surface area contributed by atoms with Gasteiger partial charge in [-0.3, -0.25) is 4.79 Å². The smallest absolute Gasteiger partial charge is 0.323 e. The summed E-state index contributed by atoms with van der Waals surface area (Å²) in [4.78, 5) is 17.2. The number of benzene rings is 1. The van der Waals surface area contributed by atoms with Crippen LogP contribution < -0.4 is 4.90 Å². The highest BCUT2D eigenvalue weighted by molar-refractivity contribution is 5.84. The van der Waals surface area contributed by atoms with Crippen LogP contribution in [-0.2, 0) is 4.79 Å². The molecule has 1 aromatic heterocycles. The van der Waals surface area contributed by atoms with Crippen molar-refractivity contribution in [1.29, 1.82) is 5.26 Å². The maximum Gasteiger partial charge on any atom is 0.323 e. The van der Waals surface area contributed by atoms with E-state index in [9.17, 15) is 10.1 Å². The Morgan fingerprint density at radius 2 is 2.14 bits per heavy atom. The van der Waals surface area contributed by atoms with Gasteiger partial charge in [-0.25, -0.2) is 4.98 Å². The minimum atomic E-state index is -0.936. The molecule has 0 spiro atoms. The standard InChI is InChI=1S/C16H17N3O2/c1-11(2)9-19(10-15(20)21)16-13(8-17)7-12-5-3-4-6-14(12)18-16/h3-7,11H,9-10H2,1-2H3,(H,20,21). The van der Waals surface area contributed by atoms with Crippen molar-refractivity contribution in [3.63, 3.8) is 0 Å². The number of nitrogens with zero attached hydrogens (tertiary/aromatic N) is 3. The summed E-state index contributed by atoms with van der Waals surface area (Å²) in [5.41, 5.74) is 1.15. The second kappa shape index (κ2) is 6.23. The normalized spacial score (nSPS) is 10.6. The second-order valence-corrected chi connectivity index (χ2v) is 5.33. The third-order valence-corrected chi connectivity index (χ3v) is 3.04. The molecule has 1 aromatic carbocycles.